The quantitative estimate of drug-likeness (QED) is 0.286. The van der Waals surface area contributed by atoms with Gasteiger partial charge in [-0.05, 0) is 12.5 Å². The first-order valence-electron chi connectivity index (χ1n) is 8.49. The van der Waals surface area contributed by atoms with E-state index in [-0.39, 0.29) is 0 Å². The summed E-state index contributed by atoms with van der Waals surface area (Å²) in [6.45, 7) is 9.19. The Hall–Kier alpha value is 0.0569. The van der Waals surface area contributed by atoms with Gasteiger partial charge in [0.1, 0.15) is 0 Å². The molecule has 0 N–H and O–H groups in total. The van der Waals surface area contributed by atoms with E-state index in [1.165, 1.54) is 38.5 Å². The molecule has 0 aromatic rings. The van der Waals surface area contributed by atoms with E-state index < -0.39 is 0 Å². The Kier molecular flexibility index (Phi) is 20.1. The molecule has 0 aromatic carbocycles. The lowest BCUT2D eigenvalue weighted by atomic mass is 10.1. The van der Waals surface area contributed by atoms with E-state index in [0.717, 1.165) is 12.7 Å². The minimum absolute atomic E-state index is 0.598. The maximum atomic E-state index is 5.53. The molecule has 0 rings (SSSR count). The first-order chi connectivity index (χ1) is 10.4. The zero-order chi connectivity index (χ0) is 15.4. The van der Waals surface area contributed by atoms with Crippen LogP contribution in [0.1, 0.15) is 52.4 Å². The van der Waals surface area contributed by atoms with Crippen molar-refractivity contribution in [3.8, 4) is 0 Å². The largest absolute Gasteiger partial charge is 0.415 e. The zero-order valence-electron chi connectivity index (χ0n) is 14.0. The van der Waals surface area contributed by atoms with E-state index in [9.17, 15) is 0 Å². The Bertz CT molecular complexity index is 164. The van der Waals surface area contributed by atoms with Crippen LogP contribution in [0.4, 0.5) is 0 Å². The molecule has 0 aliphatic carbocycles. The fraction of sp³-hybridized carbons (Fsp3) is 1.00. The van der Waals surface area contributed by atoms with Gasteiger partial charge in [-0.25, -0.2) is 0 Å². The standard InChI is InChI=1S/C16H34O4Si/c1-3-5-6-7-8-9-10-17-11-12-18-13-14-19-15-16-20-21-4-2/h3-16H2,1-2H3. The molecule has 0 saturated carbocycles. The van der Waals surface area contributed by atoms with Crippen LogP contribution in [0.25, 0.3) is 0 Å². The molecule has 0 fully saturated rings. The molecule has 0 unspecified atom stereocenters. The van der Waals surface area contributed by atoms with Crippen molar-refractivity contribution in [3.63, 3.8) is 0 Å². The van der Waals surface area contributed by atoms with Gasteiger partial charge in [0, 0.05) is 6.61 Å². The van der Waals surface area contributed by atoms with Gasteiger partial charge in [-0.2, -0.15) is 0 Å². The molecule has 0 heterocycles. The van der Waals surface area contributed by atoms with Crippen molar-refractivity contribution in [1.29, 1.82) is 0 Å². The third-order valence-electron chi connectivity index (χ3n) is 2.96. The molecule has 4 nitrogen and oxygen atoms in total. The van der Waals surface area contributed by atoms with Gasteiger partial charge in [0.15, 0.2) is 0 Å². The summed E-state index contributed by atoms with van der Waals surface area (Å²) in [4.78, 5) is 0. The summed E-state index contributed by atoms with van der Waals surface area (Å²) in [7, 11) is 0.598. The molecule has 0 saturated heterocycles. The number of hydrogen-bond acceptors (Lipinski definition) is 4. The van der Waals surface area contributed by atoms with Gasteiger partial charge in [0.2, 0.25) is 9.76 Å². The molecule has 0 aliphatic rings. The highest BCUT2D eigenvalue weighted by molar-refractivity contribution is 6.26. The fourth-order valence-corrected chi connectivity index (χ4v) is 2.23. The Labute approximate surface area is 133 Å². The van der Waals surface area contributed by atoms with E-state index in [1.807, 2.05) is 0 Å². The van der Waals surface area contributed by atoms with Crippen molar-refractivity contribution in [2.75, 3.05) is 46.2 Å². The summed E-state index contributed by atoms with van der Waals surface area (Å²) < 4.78 is 21.7. The van der Waals surface area contributed by atoms with Crippen molar-refractivity contribution in [3.05, 3.63) is 0 Å². The summed E-state index contributed by atoms with van der Waals surface area (Å²) in [6.07, 6.45) is 7.84. The fourth-order valence-electron chi connectivity index (χ4n) is 1.80. The van der Waals surface area contributed by atoms with Crippen molar-refractivity contribution < 1.29 is 18.6 Å². The maximum absolute atomic E-state index is 5.53. The molecule has 0 spiro atoms. The Morgan fingerprint density at radius 1 is 0.571 bits per heavy atom. The van der Waals surface area contributed by atoms with Gasteiger partial charge in [0.25, 0.3) is 0 Å². The van der Waals surface area contributed by atoms with Gasteiger partial charge in [-0.1, -0.05) is 46.0 Å². The molecule has 21 heavy (non-hydrogen) atoms. The topological polar surface area (TPSA) is 36.9 Å². The lowest BCUT2D eigenvalue weighted by Gasteiger charge is -2.07. The predicted molar refractivity (Wildman–Crippen MR) is 88.0 cm³/mol. The zero-order valence-corrected chi connectivity index (χ0v) is 15.0. The van der Waals surface area contributed by atoms with E-state index in [4.69, 9.17) is 18.6 Å². The first-order valence-corrected chi connectivity index (χ1v) is 9.61. The Morgan fingerprint density at radius 2 is 1.10 bits per heavy atom. The average molecular weight is 319 g/mol. The van der Waals surface area contributed by atoms with E-state index >= 15 is 0 Å². The van der Waals surface area contributed by atoms with Crippen LogP contribution in [0, 0.1) is 0 Å². The van der Waals surface area contributed by atoms with Gasteiger partial charge in [0.05, 0.1) is 39.6 Å². The highest BCUT2D eigenvalue weighted by Gasteiger charge is 1.93. The molecular weight excluding hydrogens is 284 g/mol. The highest BCUT2D eigenvalue weighted by Crippen LogP contribution is 2.04. The Morgan fingerprint density at radius 3 is 1.71 bits per heavy atom. The van der Waals surface area contributed by atoms with Crippen LogP contribution in [0.2, 0.25) is 6.04 Å². The number of hydrogen-bond donors (Lipinski definition) is 0. The second-order valence-electron chi connectivity index (χ2n) is 4.95. The van der Waals surface area contributed by atoms with Crippen molar-refractivity contribution >= 4 is 9.76 Å². The normalized spacial score (nSPS) is 11.1. The van der Waals surface area contributed by atoms with Crippen LogP contribution in [0.3, 0.4) is 0 Å². The van der Waals surface area contributed by atoms with E-state index in [1.54, 1.807) is 0 Å². The minimum atomic E-state index is 0.598. The molecule has 2 radical (unpaired) electrons. The van der Waals surface area contributed by atoms with Crippen molar-refractivity contribution in [2.45, 2.75) is 58.4 Å². The average Bonchev–Trinajstić information content (AvgIpc) is 2.50. The van der Waals surface area contributed by atoms with Crippen LogP contribution in [0.5, 0.6) is 0 Å². The lowest BCUT2D eigenvalue weighted by Crippen LogP contribution is -2.12. The highest BCUT2D eigenvalue weighted by atomic mass is 28.2. The molecule has 0 aromatic heterocycles. The molecule has 0 aliphatic heterocycles. The van der Waals surface area contributed by atoms with Gasteiger partial charge >= 0.3 is 0 Å². The monoisotopic (exact) mass is 318 g/mol. The third kappa shape index (κ3) is 20.1. The minimum Gasteiger partial charge on any atom is -0.415 e. The third-order valence-corrected chi connectivity index (χ3v) is 3.66. The van der Waals surface area contributed by atoms with Crippen molar-refractivity contribution in [1.82, 2.24) is 0 Å². The number of unbranched alkanes of at least 4 members (excludes halogenated alkanes) is 5. The maximum Gasteiger partial charge on any atom is 0.229 e. The van der Waals surface area contributed by atoms with Crippen LogP contribution in [-0.2, 0) is 18.6 Å². The summed E-state index contributed by atoms with van der Waals surface area (Å²) in [5, 5.41) is 0. The smallest absolute Gasteiger partial charge is 0.229 e. The van der Waals surface area contributed by atoms with Gasteiger partial charge in [-0.3, -0.25) is 0 Å². The number of ether oxygens (including phenoxy) is 3. The van der Waals surface area contributed by atoms with E-state index in [0.29, 0.717) is 49.4 Å². The molecule has 126 valence electrons. The summed E-state index contributed by atoms with van der Waals surface area (Å²) in [6, 6.07) is 1.09. The molecule has 0 atom stereocenters. The summed E-state index contributed by atoms with van der Waals surface area (Å²) in [5.41, 5.74) is 0. The molecule has 5 heteroatoms. The number of rotatable bonds is 18. The van der Waals surface area contributed by atoms with Crippen LogP contribution < -0.4 is 0 Å². The molecule has 0 bridgehead atoms. The lowest BCUT2D eigenvalue weighted by molar-refractivity contribution is 0.00892. The Balaban J connectivity index is 2.90. The van der Waals surface area contributed by atoms with Crippen LogP contribution in [0.15, 0.2) is 0 Å². The first kappa shape index (κ1) is 21.1. The van der Waals surface area contributed by atoms with E-state index in [2.05, 4.69) is 13.8 Å². The van der Waals surface area contributed by atoms with Crippen LogP contribution in [-0.4, -0.2) is 56.0 Å². The van der Waals surface area contributed by atoms with Crippen LogP contribution >= 0.6 is 0 Å². The van der Waals surface area contributed by atoms with Crippen molar-refractivity contribution in [2.24, 2.45) is 0 Å². The summed E-state index contributed by atoms with van der Waals surface area (Å²) in [5.74, 6) is 0. The second kappa shape index (κ2) is 20.1. The van der Waals surface area contributed by atoms with Gasteiger partial charge in [-0.15, -0.1) is 0 Å². The van der Waals surface area contributed by atoms with Gasteiger partial charge < -0.3 is 18.6 Å². The molecule has 0 amide bonds. The summed E-state index contributed by atoms with van der Waals surface area (Å²) >= 11 is 0. The predicted octanol–water partition coefficient (Wildman–Crippen LogP) is 3.47. The second-order valence-corrected chi connectivity index (χ2v) is 6.24. The molecular formula is C16H34O4Si. The SMILES string of the molecule is CCCCCCCCOCCOCCOCCO[Si]CC.